The summed E-state index contributed by atoms with van der Waals surface area (Å²) in [5.41, 5.74) is 1.66. The zero-order valence-corrected chi connectivity index (χ0v) is 14.2. The van der Waals surface area contributed by atoms with E-state index in [2.05, 4.69) is 15.1 Å². The molecule has 1 N–H and O–H groups in total. The molecule has 0 spiro atoms. The van der Waals surface area contributed by atoms with Crippen LogP contribution in [0, 0.1) is 0 Å². The molecule has 1 aromatic carbocycles. The lowest BCUT2D eigenvalue weighted by Crippen LogP contribution is -2.25. The molecule has 0 saturated heterocycles. The Morgan fingerprint density at radius 2 is 1.96 bits per heavy atom. The van der Waals surface area contributed by atoms with Crippen molar-refractivity contribution in [2.45, 2.75) is 13.3 Å². The standard InChI is InChI=1S/C16H11Cl2N5O2/c17-10-4-2-1-3-9(10)14-15-11(5-6-12(18)20-15)23-13(7-19-14)21-22(8-24)16(23)25/h1-6,24H,7-8H2. The molecule has 0 fully saturated rings. The number of benzene rings is 1. The Labute approximate surface area is 151 Å². The van der Waals surface area contributed by atoms with Crippen molar-refractivity contribution in [2.75, 3.05) is 0 Å². The highest BCUT2D eigenvalue weighted by molar-refractivity contribution is 6.35. The highest BCUT2D eigenvalue weighted by Crippen LogP contribution is 2.26. The monoisotopic (exact) mass is 375 g/mol. The summed E-state index contributed by atoms with van der Waals surface area (Å²) in [7, 11) is 0. The van der Waals surface area contributed by atoms with E-state index in [1.165, 1.54) is 4.57 Å². The van der Waals surface area contributed by atoms with Crippen molar-refractivity contribution >= 4 is 28.9 Å². The van der Waals surface area contributed by atoms with Gasteiger partial charge in [-0.15, -0.1) is 0 Å². The van der Waals surface area contributed by atoms with E-state index < -0.39 is 12.4 Å². The molecule has 1 aliphatic rings. The second-order valence-electron chi connectivity index (χ2n) is 5.32. The number of rotatable bonds is 2. The number of aliphatic hydroxyl groups is 1. The van der Waals surface area contributed by atoms with Crippen molar-refractivity contribution in [3.8, 4) is 5.69 Å². The van der Waals surface area contributed by atoms with Crippen molar-refractivity contribution in [1.82, 2.24) is 19.3 Å². The van der Waals surface area contributed by atoms with Gasteiger partial charge < -0.3 is 5.11 Å². The van der Waals surface area contributed by atoms with Gasteiger partial charge >= 0.3 is 5.69 Å². The fraction of sp³-hybridized carbons (Fsp3) is 0.125. The fourth-order valence-electron chi connectivity index (χ4n) is 2.76. The largest absolute Gasteiger partial charge is 0.374 e. The Morgan fingerprint density at radius 3 is 2.72 bits per heavy atom. The zero-order chi connectivity index (χ0) is 17.6. The normalized spacial score (nSPS) is 13.0. The summed E-state index contributed by atoms with van der Waals surface area (Å²) in [6.45, 7) is -0.382. The second kappa shape index (κ2) is 6.11. The van der Waals surface area contributed by atoms with Gasteiger partial charge in [0.15, 0.2) is 5.82 Å². The van der Waals surface area contributed by atoms with Crippen molar-refractivity contribution in [3.63, 3.8) is 0 Å². The molecule has 4 rings (SSSR count). The molecule has 25 heavy (non-hydrogen) atoms. The number of hydrogen-bond donors (Lipinski definition) is 1. The van der Waals surface area contributed by atoms with E-state index in [9.17, 15) is 9.90 Å². The first-order chi connectivity index (χ1) is 12.1. The topological polar surface area (TPSA) is 85.3 Å². The second-order valence-corrected chi connectivity index (χ2v) is 6.12. The third-order valence-corrected chi connectivity index (χ3v) is 4.39. The number of aliphatic imine (C=N–C) groups is 1. The number of halogens is 2. The third kappa shape index (κ3) is 2.57. The molecule has 0 radical (unpaired) electrons. The molecular weight excluding hydrogens is 365 g/mol. The highest BCUT2D eigenvalue weighted by Gasteiger charge is 2.25. The van der Waals surface area contributed by atoms with E-state index in [0.29, 0.717) is 33.5 Å². The predicted molar refractivity (Wildman–Crippen MR) is 93.6 cm³/mol. The third-order valence-electron chi connectivity index (χ3n) is 3.85. The maximum absolute atomic E-state index is 12.5. The summed E-state index contributed by atoms with van der Waals surface area (Å²) < 4.78 is 2.34. The van der Waals surface area contributed by atoms with Gasteiger partial charge in [-0.25, -0.2) is 14.3 Å². The van der Waals surface area contributed by atoms with Crippen LogP contribution < -0.4 is 5.69 Å². The molecule has 9 heteroatoms. The molecule has 3 aromatic rings. The van der Waals surface area contributed by atoms with Gasteiger partial charge in [-0.1, -0.05) is 41.4 Å². The van der Waals surface area contributed by atoms with Crippen molar-refractivity contribution in [1.29, 1.82) is 0 Å². The summed E-state index contributed by atoms with van der Waals surface area (Å²) >= 11 is 12.4. The first-order valence-electron chi connectivity index (χ1n) is 7.36. The van der Waals surface area contributed by atoms with Gasteiger partial charge in [0.05, 0.1) is 16.4 Å². The number of fused-ring (bicyclic) bond motifs is 3. The van der Waals surface area contributed by atoms with Crippen LogP contribution >= 0.6 is 23.2 Å². The summed E-state index contributed by atoms with van der Waals surface area (Å²) in [5.74, 6) is 0.395. The maximum atomic E-state index is 12.5. The minimum Gasteiger partial charge on any atom is -0.374 e. The summed E-state index contributed by atoms with van der Waals surface area (Å²) in [6, 6.07) is 10.5. The Balaban J connectivity index is 2.03. The van der Waals surface area contributed by atoms with Crippen molar-refractivity contribution in [2.24, 2.45) is 4.99 Å². The fourth-order valence-corrected chi connectivity index (χ4v) is 3.14. The first kappa shape index (κ1) is 16.0. The SMILES string of the molecule is O=c1n(CO)nc2n1-c1ccc(Cl)nc1C(c1ccccc1Cl)=NC2. The van der Waals surface area contributed by atoms with Gasteiger partial charge in [0, 0.05) is 5.56 Å². The summed E-state index contributed by atoms with van der Waals surface area (Å²) in [4.78, 5) is 21.4. The molecule has 0 bridgehead atoms. The average molecular weight is 376 g/mol. The lowest BCUT2D eigenvalue weighted by molar-refractivity contribution is 0.190. The van der Waals surface area contributed by atoms with Crippen LogP contribution in [0.5, 0.6) is 0 Å². The summed E-state index contributed by atoms with van der Waals surface area (Å²) in [5, 5.41) is 14.2. The Morgan fingerprint density at radius 1 is 1.16 bits per heavy atom. The number of aromatic nitrogens is 4. The first-order valence-corrected chi connectivity index (χ1v) is 8.12. The maximum Gasteiger partial charge on any atom is 0.352 e. The Hall–Kier alpha value is -2.48. The molecule has 0 amide bonds. The van der Waals surface area contributed by atoms with Gasteiger partial charge in [0.1, 0.15) is 24.1 Å². The predicted octanol–water partition coefficient (Wildman–Crippen LogP) is 2.04. The van der Waals surface area contributed by atoms with Crippen LogP contribution in [0.4, 0.5) is 0 Å². The highest BCUT2D eigenvalue weighted by atomic mass is 35.5. The lowest BCUT2D eigenvalue weighted by Gasteiger charge is -2.11. The van der Waals surface area contributed by atoms with Gasteiger partial charge in [-0.3, -0.25) is 4.99 Å². The average Bonchev–Trinajstić information content (AvgIpc) is 2.83. The van der Waals surface area contributed by atoms with Crippen molar-refractivity contribution < 1.29 is 5.11 Å². The lowest BCUT2D eigenvalue weighted by atomic mass is 10.1. The molecule has 0 aliphatic carbocycles. The minimum atomic E-state index is -0.518. The van der Waals surface area contributed by atoms with E-state index in [-0.39, 0.29) is 11.7 Å². The molecular formula is C16H11Cl2N5O2. The van der Waals surface area contributed by atoms with Crippen LogP contribution in [-0.2, 0) is 13.3 Å². The van der Waals surface area contributed by atoms with E-state index in [1.807, 2.05) is 18.2 Å². The van der Waals surface area contributed by atoms with E-state index in [1.54, 1.807) is 18.2 Å². The summed E-state index contributed by atoms with van der Waals surface area (Å²) in [6.07, 6.45) is 0. The van der Waals surface area contributed by atoms with Crippen LogP contribution in [0.25, 0.3) is 5.69 Å². The van der Waals surface area contributed by atoms with E-state index in [0.717, 1.165) is 4.68 Å². The Bertz CT molecular complexity index is 1070. The molecule has 2 aromatic heterocycles. The smallest absolute Gasteiger partial charge is 0.352 e. The molecule has 1 aliphatic heterocycles. The molecule has 126 valence electrons. The van der Waals surface area contributed by atoms with Crippen molar-refractivity contribution in [3.05, 3.63) is 74.1 Å². The quantitative estimate of drug-likeness (QED) is 0.694. The molecule has 7 nitrogen and oxygen atoms in total. The number of nitrogens with zero attached hydrogens (tertiary/aromatic N) is 5. The van der Waals surface area contributed by atoms with Crippen LogP contribution in [0.2, 0.25) is 10.2 Å². The van der Waals surface area contributed by atoms with Crippen LogP contribution in [0.15, 0.2) is 46.2 Å². The van der Waals surface area contributed by atoms with Gasteiger partial charge in [-0.2, -0.15) is 9.78 Å². The van der Waals surface area contributed by atoms with Gasteiger partial charge in [0.2, 0.25) is 0 Å². The van der Waals surface area contributed by atoms with E-state index in [4.69, 9.17) is 23.2 Å². The Kier molecular flexibility index (Phi) is 3.91. The van der Waals surface area contributed by atoms with Crippen LogP contribution in [0.1, 0.15) is 17.1 Å². The minimum absolute atomic E-state index is 0.136. The molecule has 0 unspecified atom stereocenters. The molecule has 0 atom stereocenters. The molecule has 0 saturated carbocycles. The van der Waals surface area contributed by atoms with Gasteiger partial charge in [-0.05, 0) is 18.2 Å². The number of pyridine rings is 1. The van der Waals surface area contributed by atoms with Crippen LogP contribution in [-0.4, -0.2) is 30.1 Å². The zero-order valence-electron chi connectivity index (χ0n) is 12.7. The number of aliphatic hydroxyl groups excluding tert-OH is 1. The van der Waals surface area contributed by atoms with Crippen LogP contribution in [0.3, 0.4) is 0 Å². The van der Waals surface area contributed by atoms with E-state index >= 15 is 0 Å². The number of hydrogen-bond acceptors (Lipinski definition) is 5. The van der Waals surface area contributed by atoms with Gasteiger partial charge in [0.25, 0.3) is 0 Å². The molecule has 3 heterocycles.